The zero-order valence-electron chi connectivity index (χ0n) is 10.5. The molecule has 3 nitrogen and oxygen atoms in total. The molecule has 2 rings (SSSR count). The summed E-state index contributed by atoms with van der Waals surface area (Å²) in [6, 6.07) is 5.15. The molecule has 1 aromatic heterocycles. The van der Waals surface area contributed by atoms with Gasteiger partial charge in [-0.15, -0.1) is 0 Å². The molecule has 1 aromatic carbocycles. The predicted molar refractivity (Wildman–Crippen MR) is 76.5 cm³/mol. The summed E-state index contributed by atoms with van der Waals surface area (Å²) in [5.74, 6) is -0.0497. The molecule has 5 heteroatoms. The van der Waals surface area contributed by atoms with Gasteiger partial charge in [-0.25, -0.2) is 4.39 Å². The highest BCUT2D eigenvalue weighted by Gasteiger charge is 2.13. The first-order valence-electron chi connectivity index (χ1n) is 5.55. The van der Waals surface area contributed by atoms with Crippen LogP contribution < -0.4 is 4.74 Å². The zero-order valence-corrected chi connectivity index (χ0v) is 12.7. The van der Waals surface area contributed by atoms with Crippen LogP contribution in [-0.4, -0.2) is 16.9 Å². The number of rotatable bonds is 3. The number of halogens is 2. The lowest BCUT2D eigenvalue weighted by atomic mass is 10.2. The number of hydrogen-bond acceptors (Lipinski definition) is 2. The maximum Gasteiger partial charge on any atom is 0.170 e. The van der Waals surface area contributed by atoms with Crippen molar-refractivity contribution in [3.05, 3.63) is 44.5 Å². The minimum atomic E-state index is -0.317. The molecule has 0 amide bonds. The Morgan fingerprint density at radius 2 is 2.11 bits per heavy atom. The molecule has 2 aromatic rings. The van der Waals surface area contributed by atoms with Crippen LogP contribution in [0.4, 0.5) is 4.39 Å². The molecule has 0 atom stereocenters. The molecule has 0 radical (unpaired) electrons. The Morgan fingerprint density at radius 3 is 2.67 bits per heavy atom. The van der Waals surface area contributed by atoms with Crippen molar-refractivity contribution >= 4 is 22.6 Å². The average Bonchev–Trinajstić information content (AvgIpc) is 2.60. The maximum absolute atomic E-state index is 14.0. The van der Waals surface area contributed by atoms with Crippen LogP contribution in [0.5, 0.6) is 5.75 Å². The second-order valence-electron chi connectivity index (χ2n) is 4.08. The van der Waals surface area contributed by atoms with Crippen LogP contribution >= 0.6 is 22.6 Å². The molecule has 0 spiro atoms. The molecule has 0 saturated heterocycles. The van der Waals surface area contributed by atoms with Gasteiger partial charge in [0.15, 0.2) is 11.6 Å². The van der Waals surface area contributed by atoms with Gasteiger partial charge in [-0.1, -0.05) is 12.1 Å². The van der Waals surface area contributed by atoms with Gasteiger partial charge in [-0.2, -0.15) is 5.10 Å². The van der Waals surface area contributed by atoms with Gasteiger partial charge in [0.25, 0.3) is 0 Å². The van der Waals surface area contributed by atoms with Crippen molar-refractivity contribution in [2.45, 2.75) is 20.4 Å². The van der Waals surface area contributed by atoms with E-state index in [0.29, 0.717) is 12.1 Å². The standard InChI is InChI=1S/C13H14FIN2O/c1-8-13(15)9(2)17(16-8)7-10-5-4-6-11(18-3)12(10)14/h4-6H,7H2,1-3H3. The molecular weight excluding hydrogens is 346 g/mol. The van der Waals surface area contributed by atoms with E-state index >= 15 is 0 Å². The van der Waals surface area contributed by atoms with Crippen molar-refractivity contribution in [1.29, 1.82) is 0 Å². The summed E-state index contributed by atoms with van der Waals surface area (Å²) in [4.78, 5) is 0. The molecular formula is C13H14FIN2O. The number of ether oxygens (including phenoxy) is 1. The lowest BCUT2D eigenvalue weighted by molar-refractivity contribution is 0.383. The first-order valence-corrected chi connectivity index (χ1v) is 6.63. The highest BCUT2D eigenvalue weighted by Crippen LogP contribution is 2.22. The van der Waals surface area contributed by atoms with Gasteiger partial charge in [0.1, 0.15) is 0 Å². The minimum Gasteiger partial charge on any atom is -0.494 e. The van der Waals surface area contributed by atoms with Gasteiger partial charge in [-0.3, -0.25) is 4.68 Å². The van der Waals surface area contributed by atoms with E-state index in [9.17, 15) is 4.39 Å². The minimum absolute atomic E-state index is 0.267. The molecule has 96 valence electrons. The fourth-order valence-electron chi connectivity index (χ4n) is 1.83. The molecule has 0 aliphatic heterocycles. The Balaban J connectivity index is 2.37. The Bertz CT molecular complexity index is 581. The van der Waals surface area contributed by atoms with E-state index in [1.165, 1.54) is 7.11 Å². The first-order chi connectivity index (χ1) is 8.54. The van der Waals surface area contributed by atoms with Crippen LogP contribution in [0, 0.1) is 23.2 Å². The lowest BCUT2D eigenvalue weighted by Crippen LogP contribution is -2.06. The van der Waals surface area contributed by atoms with Gasteiger partial charge in [0, 0.05) is 11.3 Å². The fraction of sp³-hybridized carbons (Fsp3) is 0.308. The third-order valence-corrected chi connectivity index (χ3v) is 4.44. The molecule has 0 fully saturated rings. The number of methoxy groups -OCH3 is 1. The van der Waals surface area contributed by atoms with Crippen molar-refractivity contribution in [1.82, 2.24) is 9.78 Å². The third-order valence-electron chi connectivity index (χ3n) is 2.88. The fourth-order valence-corrected chi connectivity index (χ4v) is 2.21. The molecule has 0 N–H and O–H groups in total. The van der Waals surface area contributed by atoms with E-state index in [2.05, 4.69) is 27.7 Å². The number of benzene rings is 1. The van der Waals surface area contributed by atoms with Crippen molar-refractivity contribution < 1.29 is 9.13 Å². The Kier molecular flexibility index (Phi) is 3.89. The van der Waals surface area contributed by atoms with Crippen LogP contribution in [0.2, 0.25) is 0 Å². The normalized spacial score (nSPS) is 10.7. The second-order valence-corrected chi connectivity index (χ2v) is 5.15. The van der Waals surface area contributed by atoms with Crippen molar-refractivity contribution in [2.24, 2.45) is 0 Å². The number of aryl methyl sites for hydroxylation is 1. The third kappa shape index (κ3) is 2.36. The molecule has 18 heavy (non-hydrogen) atoms. The first kappa shape index (κ1) is 13.3. The maximum atomic E-state index is 14.0. The molecule has 0 unspecified atom stereocenters. The van der Waals surface area contributed by atoms with Crippen molar-refractivity contribution in [2.75, 3.05) is 7.11 Å². The summed E-state index contributed by atoms with van der Waals surface area (Å²) in [6.45, 7) is 4.35. The Hall–Kier alpha value is -1.11. The summed E-state index contributed by atoms with van der Waals surface area (Å²) in [7, 11) is 1.47. The van der Waals surface area contributed by atoms with Crippen LogP contribution in [-0.2, 0) is 6.54 Å². The highest BCUT2D eigenvalue weighted by atomic mass is 127. The van der Waals surface area contributed by atoms with Gasteiger partial charge < -0.3 is 4.74 Å². The molecule has 0 aliphatic rings. The van der Waals surface area contributed by atoms with E-state index in [-0.39, 0.29) is 11.6 Å². The summed E-state index contributed by atoms with van der Waals surface area (Å²) < 4.78 is 21.9. The zero-order chi connectivity index (χ0) is 13.3. The number of aromatic nitrogens is 2. The lowest BCUT2D eigenvalue weighted by Gasteiger charge is -2.08. The van der Waals surface area contributed by atoms with E-state index in [0.717, 1.165) is 15.0 Å². The topological polar surface area (TPSA) is 27.1 Å². The smallest absolute Gasteiger partial charge is 0.170 e. The van der Waals surface area contributed by atoms with E-state index in [4.69, 9.17) is 4.74 Å². The summed E-state index contributed by atoms with van der Waals surface area (Å²) in [5.41, 5.74) is 2.60. The molecule has 0 bridgehead atoms. The van der Waals surface area contributed by atoms with E-state index in [1.54, 1.807) is 18.2 Å². The van der Waals surface area contributed by atoms with Gasteiger partial charge >= 0.3 is 0 Å². The van der Waals surface area contributed by atoms with E-state index < -0.39 is 0 Å². The Morgan fingerprint density at radius 1 is 1.39 bits per heavy atom. The Labute approximate surface area is 119 Å². The van der Waals surface area contributed by atoms with Crippen LogP contribution in [0.3, 0.4) is 0 Å². The quantitative estimate of drug-likeness (QED) is 0.786. The van der Waals surface area contributed by atoms with Crippen LogP contribution in [0.1, 0.15) is 17.0 Å². The molecule has 1 heterocycles. The SMILES string of the molecule is COc1cccc(Cn2nc(C)c(I)c2C)c1F. The monoisotopic (exact) mass is 360 g/mol. The van der Waals surface area contributed by atoms with Gasteiger partial charge in [0.05, 0.1) is 22.9 Å². The van der Waals surface area contributed by atoms with Gasteiger partial charge in [0.2, 0.25) is 0 Å². The highest BCUT2D eigenvalue weighted by molar-refractivity contribution is 14.1. The summed E-state index contributed by atoms with van der Waals surface area (Å²) in [5, 5.41) is 4.40. The second kappa shape index (κ2) is 5.26. The summed E-state index contributed by atoms with van der Waals surface area (Å²) >= 11 is 2.25. The summed E-state index contributed by atoms with van der Waals surface area (Å²) in [6.07, 6.45) is 0. The van der Waals surface area contributed by atoms with Crippen molar-refractivity contribution in [3.8, 4) is 5.75 Å². The van der Waals surface area contributed by atoms with Gasteiger partial charge in [-0.05, 0) is 42.5 Å². The van der Waals surface area contributed by atoms with Crippen molar-refractivity contribution in [3.63, 3.8) is 0 Å². The van der Waals surface area contributed by atoms with E-state index in [1.807, 2.05) is 18.5 Å². The molecule has 0 aliphatic carbocycles. The molecule has 0 saturated carbocycles. The van der Waals surface area contributed by atoms with Crippen LogP contribution in [0.15, 0.2) is 18.2 Å². The van der Waals surface area contributed by atoms with Crippen LogP contribution in [0.25, 0.3) is 0 Å². The predicted octanol–water partition coefficient (Wildman–Crippen LogP) is 3.30. The average molecular weight is 360 g/mol. The number of nitrogens with zero attached hydrogens (tertiary/aromatic N) is 2. The number of hydrogen-bond donors (Lipinski definition) is 0. The largest absolute Gasteiger partial charge is 0.494 e.